The number of nitrogens with zero attached hydrogens (tertiary/aromatic N) is 1. The zero-order chi connectivity index (χ0) is 23.2. The predicted molar refractivity (Wildman–Crippen MR) is 124 cm³/mol. The van der Waals surface area contributed by atoms with Gasteiger partial charge >= 0.3 is 0 Å². The molecule has 1 N–H and O–H groups in total. The largest absolute Gasteiger partial charge is 0.503 e. The molecular weight excluding hydrogens is 418 g/mol. The standard InChI is InChI=1S/C27H27NO5/c1-2-3-16-32-21-12-7-11-20(18-21)24-23(25(29)22-13-8-17-33-22)26(30)27(31)28(24)15-14-19-9-5-4-6-10-19/h4-13,17-18,24,30H,2-3,14-16H2,1H3. The van der Waals surface area contributed by atoms with Gasteiger partial charge in [0.2, 0.25) is 5.78 Å². The maximum Gasteiger partial charge on any atom is 0.290 e. The SMILES string of the molecule is CCCCOc1cccc(C2C(C(=O)c3ccco3)=C(O)C(=O)N2CCc2ccccc2)c1. The first kappa shape index (κ1) is 22.4. The molecule has 3 aromatic rings. The molecule has 0 bridgehead atoms. The number of ether oxygens (including phenoxy) is 1. The molecule has 0 aliphatic carbocycles. The Kier molecular flexibility index (Phi) is 6.93. The molecule has 2 aromatic carbocycles. The predicted octanol–water partition coefficient (Wildman–Crippen LogP) is 5.28. The Bertz CT molecular complexity index is 1130. The van der Waals surface area contributed by atoms with E-state index in [1.54, 1.807) is 11.0 Å². The average Bonchev–Trinajstić information content (AvgIpc) is 3.46. The Balaban J connectivity index is 1.69. The van der Waals surface area contributed by atoms with Crippen molar-refractivity contribution >= 4 is 11.7 Å². The van der Waals surface area contributed by atoms with Crippen LogP contribution in [0.25, 0.3) is 0 Å². The summed E-state index contributed by atoms with van der Waals surface area (Å²) in [5.41, 5.74) is 1.78. The van der Waals surface area contributed by atoms with Gasteiger partial charge in [0.25, 0.3) is 5.91 Å². The minimum absolute atomic E-state index is 0.0220. The second-order valence-electron chi connectivity index (χ2n) is 7.98. The van der Waals surface area contributed by atoms with E-state index >= 15 is 0 Å². The second kappa shape index (κ2) is 10.2. The quantitative estimate of drug-likeness (QED) is 0.339. The number of hydrogen-bond donors (Lipinski definition) is 1. The van der Waals surface area contributed by atoms with Gasteiger partial charge in [-0.05, 0) is 48.2 Å². The van der Waals surface area contributed by atoms with Gasteiger partial charge in [-0.15, -0.1) is 0 Å². The van der Waals surface area contributed by atoms with Crippen LogP contribution >= 0.6 is 0 Å². The van der Waals surface area contributed by atoms with E-state index in [-0.39, 0.29) is 11.3 Å². The van der Waals surface area contributed by atoms with Crippen LogP contribution in [0.1, 0.15) is 47.5 Å². The number of carbonyl (C=O) groups excluding carboxylic acids is 2. The number of aliphatic hydroxyl groups excluding tert-OH is 1. The summed E-state index contributed by atoms with van der Waals surface area (Å²) in [6, 6.07) is 19.5. The molecule has 1 atom stereocenters. The Hall–Kier alpha value is -3.80. The van der Waals surface area contributed by atoms with Crippen LogP contribution in [-0.4, -0.2) is 34.8 Å². The van der Waals surface area contributed by atoms with Crippen LogP contribution in [0.15, 0.2) is 88.7 Å². The molecule has 0 saturated carbocycles. The maximum atomic E-state index is 13.2. The van der Waals surface area contributed by atoms with Crippen molar-refractivity contribution in [3.05, 3.63) is 101 Å². The molecule has 1 aliphatic heterocycles. The van der Waals surface area contributed by atoms with E-state index < -0.39 is 23.5 Å². The summed E-state index contributed by atoms with van der Waals surface area (Å²) in [5, 5.41) is 10.8. The van der Waals surface area contributed by atoms with Crippen LogP contribution in [0.3, 0.4) is 0 Å². The number of ketones is 1. The summed E-state index contributed by atoms with van der Waals surface area (Å²) < 4.78 is 11.1. The van der Waals surface area contributed by atoms with Crippen LogP contribution in [0, 0.1) is 0 Å². The summed E-state index contributed by atoms with van der Waals surface area (Å²) in [5.74, 6) is -0.868. The van der Waals surface area contributed by atoms with Crippen LogP contribution in [-0.2, 0) is 11.2 Å². The highest BCUT2D eigenvalue weighted by atomic mass is 16.5. The molecule has 1 aromatic heterocycles. The molecule has 1 aliphatic rings. The molecule has 1 unspecified atom stereocenters. The molecule has 2 heterocycles. The van der Waals surface area contributed by atoms with E-state index in [4.69, 9.17) is 9.15 Å². The smallest absolute Gasteiger partial charge is 0.290 e. The first-order chi connectivity index (χ1) is 16.1. The molecule has 6 heteroatoms. The molecule has 0 radical (unpaired) electrons. The molecule has 0 fully saturated rings. The number of hydrogen-bond acceptors (Lipinski definition) is 5. The van der Waals surface area contributed by atoms with E-state index in [9.17, 15) is 14.7 Å². The van der Waals surface area contributed by atoms with Crippen molar-refractivity contribution in [2.24, 2.45) is 0 Å². The van der Waals surface area contributed by atoms with Crippen molar-refractivity contribution in [3.8, 4) is 5.75 Å². The average molecular weight is 446 g/mol. The Morgan fingerprint density at radius 3 is 2.64 bits per heavy atom. The molecular formula is C27H27NO5. The molecule has 0 spiro atoms. The number of rotatable bonds is 10. The molecule has 33 heavy (non-hydrogen) atoms. The van der Waals surface area contributed by atoms with Crippen LogP contribution < -0.4 is 4.74 Å². The normalized spacial score (nSPS) is 15.8. The first-order valence-electron chi connectivity index (χ1n) is 11.2. The number of amides is 1. The third-order valence-corrected chi connectivity index (χ3v) is 5.72. The number of unbranched alkanes of at least 4 members (excludes halogenated alkanes) is 1. The van der Waals surface area contributed by atoms with Crippen LogP contribution in [0.5, 0.6) is 5.75 Å². The van der Waals surface area contributed by atoms with Gasteiger partial charge < -0.3 is 19.2 Å². The van der Waals surface area contributed by atoms with Gasteiger partial charge in [0.15, 0.2) is 11.5 Å². The highest BCUT2D eigenvalue weighted by molar-refractivity contribution is 6.15. The van der Waals surface area contributed by atoms with E-state index in [1.807, 2.05) is 54.6 Å². The molecule has 0 saturated heterocycles. The minimum atomic E-state index is -0.742. The summed E-state index contributed by atoms with van der Waals surface area (Å²) in [7, 11) is 0. The third kappa shape index (κ3) is 4.85. The number of benzene rings is 2. The Morgan fingerprint density at radius 1 is 1.09 bits per heavy atom. The lowest BCUT2D eigenvalue weighted by Crippen LogP contribution is -2.33. The van der Waals surface area contributed by atoms with Crippen molar-refractivity contribution in [2.75, 3.05) is 13.2 Å². The summed E-state index contributed by atoms with van der Waals surface area (Å²) in [6.45, 7) is 3.02. The topological polar surface area (TPSA) is 80.0 Å². The lowest BCUT2D eigenvalue weighted by Gasteiger charge is -2.27. The fourth-order valence-electron chi connectivity index (χ4n) is 4.01. The van der Waals surface area contributed by atoms with Crippen molar-refractivity contribution in [1.82, 2.24) is 4.90 Å². The van der Waals surface area contributed by atoms with Gasteiger partial charge in [0, 0.05) is 6.54 Å². The van der Waals surface area contributed by atoms with E-state index in [2.05, 4.69) is 6.92 Å². The van der Waals surface area contributed by atoms with E-state index in [0.717, 1.165) is 18.4 Å². The fourth-order valence-corrected chi connectivity index (χ4v) is 4.01. The van der Waals surface area contributed by atoms with Crippen molar-refractivity contribution in [2.45, 2.75) is 32.2 Å². The monoisotopic (exact) mass is 445 g/mol. The second-order valence-corrected chi connectivity index (χ2v) is 7.98. The zero-order valence-electron chi connectivity index (χ0n) is 18.6. The fraction of sp³-hybridized carbons (Fsp3) is 0.259. The minimum Gasteiger partial charge on any atom is -0.503 e. The zero-order valence-corrected chi connectivity index (χ0v) is 18.6. The van der Waals surface area contributed by atoms with Gasteiger partial charge in [-0.2, -0.15) is 0 Å². The number of Topliss-reactive ketones (excluding diaryl/α,β-unsaturated/α-hetero) is 1. The van der Waals surface area contributed by atoms with Gasteiger partial charge in [-0.25, -0.2) is 0 Å². The first-order valence-corrected chi connectivity index (χ1v) is 11.2. The summed E-state index contributed by atoms with van der Waals surface area (Å²) >= 11 is 0. The number of furan rings is 1. The lowest BCUT2D eigenvalue weighted by molar-refractivity contribution is -0.129. The Labute approximate surface area is 193 Å². The lowest BCUT2D eigenvalue weighted by atomic mass is 9.94. The van der Waals surface area contributed by atoms with Crippen molar-refractivity contribution < 1.29 is 23.8 Å². The van der Waals surface area contributed by atoms with Crippen LogP contribution in [0.4, 0.5) is 0 Å². The van der Waals surface area contributed by atoms with Crippen molar-refractivity contribution in [1.29, 1.82) is 0 Å². The van der Waals surface area contributed by atoms with Crippen LogP contribution in [0.2, 0.25) is 0 Å². The molecule has 6 nitrogen and oxygen atoms in total. The highest BCUT2D eigenvalue weighted by Gasteiger charge is 2.44. The molecule has 1 amide bonds. The summed E-state index contributed by atoms with van der Waals surface area (Å²) in [6.07, 6.45) is 3.93. The van der Waals surface area contributed by atoms with E-state index in [0.29, 0.717) is 30.9 Å². The molecule has 170 valence electrons. The van der Waals surface area contributed by atoms with Gasteiger partial charge in [-0.1, -0.05) is 55.8 Å². The van der Waals surface area contributed by atoms with Gasteiger partial charge in [-0.3, -0.25) is 9.59 Å². The number of carbonyl (C=O) groups is 2. The highest BCUT2D eigenvalue weighted by Crippen LogP contribution is 2.40. The number of aliphatic hydroxyl groups is 1. The summed E-state index contributed by atoms with van der Waals surface area (Å²) in [4.78, 5) is 27.9. The maximum absolute atomic E-state index is 13.2. The third-order valence-electron chi connectivity index (χ3n) is 5.72. The molecule has 4 rings (SSSR count). The Morgan fingerprint density at radius 2 is 1.91 bits per heavy atom. The van der Waals surface area contributed by atoms with Crippen molar-refractivity contribution in [3.63, 3.8) is 0 Å². The van der Waals surface area contributed by atoms with Gasteiger partial charge in [0.1, 0.15) is 5.75 Å². The van der Waals surface area contributed by atoms with E-state index in [1.165, 1.54) is 12.3 Å². The van der Waals surface area contributed by atoms with Gasteiger partial charge in [0.05, 0.1) is 24.5 Å².